The van der Waals surface area contributed by atoms with Gasteiger partial charge in [0.1, 0.15) is 49.4 Å². The first kappa shape index (κ1) is 44.9. The number of nitrogens with zero attached hydrogens (tertiary/aromatic N) is 1. The lowest BCUT2D eigenvalue weighted by Crippen LogP contribution is -3.09. The molecule has 0 aromatic heterocycles. The van der Waals surface area contributed by atoms with Gasteiger partial charge in [-0.2, -0.15) is 0 Å². The summed E-state index contributed by atoms with van der Waals surface area (Å²) in [5, 5.41) is 86.9. The van der Waals surface area contributed by atoms with Crippen LogP contribution >= 0.6 is 0 Å². The molecule has 0 spiro atoms. The van der Waals surface area contributed by atoms with E-state index in [4.69, 9.17) is 34.5 Å². The molecule has 2 fully saturated rings. The number of likely N-dealkylation sites (N-methyl/N-ethyl adjacent to an activating group) is 1. The molecular formula is C36H56N5O15+. The summed E-state index contributed by atoms with van der Waals surface area (Å²) >= 11 is 0. The predicted octanol–water partition coefficient (Wildman–Crippen LogP) is -4.21. The second kappa shape index (κ2) is 21.1. The van der Waals surface area contributed by atoms with Gasteiger partial charge < -0.3 is 80.5 Å². The monoisotopic (exact) mass is 798 g/mol. The number of allylic oxidation sites excluding steroid dienone is 2. The number of aliphatic carboxylic acids is 1. The third kappa shape index (κ3) is 11.0. The standard InChI is InChI=1S/C36H55N5O15/c1-3-22-23(10-9-20-15-41(12-14-43)16-24(31(47)48)28(20)40-35(37)39-11-6-13-42)25(32(49)53-21-7-4-5-8-21)19-52-33(22)56-34-30(55-27(18-45)38-2)36(50,51)29(46)26(17-44)54-34/h3,9-10,15,19,21-23,26-27,29-30,33-34,38,42-46,50-51H,1,4-8,11-14,16-18H2,2H3,(H,47,48)(H3,37,39,40)/p+1. The maximum absolute atomic E-state index is 13.8. The van der Waals surface area contributed by atoms with Gasteiger partial charge >= 0.3 is 11.9 Å². The molecule has 20 nitrogen and oxygen atoms in total. The molecule has 56 heavy (non-hydrogen) atoms. The van der Waals surface area contributed by atoms with Crippen LogP contribution in [0.4, 0.5) is 0 Å². The molecule has 1 saturated carbocycles. The van der Waals surface area contributed by atoms with Gasteiger partial charge in [0.2, 0.25) is 12.1 Å². The summed E-state index contributed by atoms with van der Waals surface area (Å²) in [4.78, 5) is 31.0. The van der Waals surface area contributed by atoms with Crippen molar-refractivity contribution < 1.29 is 79.0 Å². The van der Waals surface area contributed by atoms with Crippen molar-refractivity contribution >= 4 is 17.9 Å². The van der Waals surface area contributed by atoms with Crippen LogP contribution in [0.1, 0.15) is 32.1 Å². The first-order valence-corrected chi connectivity index (χ1v) is 18.5. The molecular weight excluding hydrogens is 742 g/mol. The van der Waals surface area contributed by atoms with E-state index in [1.807, 2.05) is 0 Å². The fraction of sp³-hybridized carbons (Fsp3) is 0.639. The fourth-order valence-corrected chi connectivity index (χ4v) is 6.83. The zero-order valence-electron chi connectivity index (χ0n) is 31.2. The van der Waals surface area contributed by atoms with Crippen LogP contribution in [0.5, 0.6) is 0 Å². The van der Waals surface area contributed by atoms with E-state index in [0.717, 1.165) is 19.1 Å². The molecule has 3 heterocycles. The van der Waals surface area contributed by atoms with E-state index in [-0.39, 0.29) is 61.8 Å². The molecule has 4 rings (SSSR count). The molecule has 4 aliphatic rings. The second-order valence-electron chi connectivity index (χ2n) is 13.7. The number of carboxylic acid groups (broad SMARTS) is 1. The maximum atomic E-state index is 13.8. The summed E-state index contributed by atoms with van der Waals surface area (Å²) in [6.45, 7) is 2.39. The SMILES string of the molecule is C=CC1C(OC2OC(CO)C(O)C(O)(O)C2OC(CO)NC)OC=C(C(=O)OC2CCCC2)C1C=CC1=C[NH+](CCO)CC(C(=O)O)=C1NC(N)=NCCCO. The first-order chi connectivity index (χ1) is 26.8. The Labute approximate surface area is 323 Å². The lowest BCUT2D eigenvalue weighted by Gasteiger charge is -2.48. The van der Waals surface area contributed by atoms with Crippen molar-refractivity contribution in [2.45, 2.75) is 81.1 Å². The lowest BCUT2D eigenvalue weighted by molar-refractivity contribution is -0.843. The third-order valence-electron chi connectivity index (χ3n) is 9.89. The van der Waals surface area contributed by atoms with Crippen LogP contribution in [-0.4, -0.2) is 161 Å². The lowest BCUT2D eigenvalue weighted by atomic mass is 9.83. The molecule has 1 aliphatic carbocycles. The van der Waals surface area contributed by atoms with E-state index in [9.17, 15) is 45.3 Å². The number of nitrogens with one attached hydrogen (secondary N) is 3. The summed E-state index contributed by atoms with van der Waals surface area (Å²) < 4.78 is 29.3. The average Bonchev–Trinajstić information content (AvgIpc) is 3.69. The number of aliphatic imine (C=N–C) groups is 1. The van der Waals surface area contributed by atoms with Gasteiger partial charge in [0.15, 0.2) is 18.4 Å². The number of carboxylic acids is 1. The van der Waals surface area contributed by atoms with Crippen LogP contribution < -0.4 is 21.3 Å². The van der Waals surface area contributed by atoms with E-state index in [2.05, 4.69) is 22.2 Å². The van der Waals surface area contributed by atoms with Crippen LogP contribution in [0.25, 0.3) is 0 Å². The van der Waals surface area contributed by atoms with Crippen molar-refractivity contribution in [3.8, 4) is 0 Å². The quantitative estimate of drug-likeness (QED) is 0.0147. The highest BCUT2D eigenvalue weighted by Gasteiger charge is 2.58. The van der Waals surface area contributed by atoms with Crippen LogP contribution in [0, 0.1) is 11.8 Å². The minimum Gasteiger partial charge on any atom is -0.478 e. The van der Waals surface area contributed by atoms with Gasteiger partial charge in [-0.1, -0.05) is 18.2 Å². The zero-order valence-corrected chi connectivity index (χ0v) is 31.2. The van der Waals surface area contributed by atoms with E-state index in [0.29, 0.717) is 29.7 Å². The number of guanidine groups is 1. The third-order valence-corrected chi connectivity index (χ3v) is 9.89. The highest BCUT2D eigenvalue weighted by atomic mass is 16.8. The summed E-state index contributed by atoms with van der Waals surface area (Å²) in [6.07, 6.45) is 0.631. The molecule has 9 atom stereocenters. The molecule has 9 unspecified atom stereocenters. The van der Waals surface area contributed by atoms with Crippen LogP contribution in [0.2, 0.25) is 0 Å². The largest absolute Gasteiger partial charge is 0.478 e. The fourth-order valence-electron chi connectivity index (χ4n) is 6.83. The van der Waals surface area contributed by atoms with E-state index in [1.165, 1.54) is 13.1 Å². The van der Waals surface area contributed by atoms with Crippen molar-refractivity contribution in [1.29, 1.82) is 0 Å². The van der Waals surface area contributed by atoms with Crippen LogP contribution in [0.3, 0.4) is 0 Å². The molecule has 13 N–H and O–H groups in total. The molecule has 0 aromatic carbocycles. The molecule has 0 bridgehead atoms. The van der Waals surface area contributed by atoms with Crippen molar-refractivity contribution in [3.05, 3.63) is 59.7 Å². The second-order valence-corrected chi connectivity index (χ2v) is 13.7. The molecule has 314 valence electrons. The van der Waals surface area contributed by atoms with Gasteiger partial charge in [-0.3, -0.25) is 10.3 Å². The summed E-state index contributed by atoms with van der Waals surface area (Å²) in [6, 6.07) is 0. The minimum atomic E-state index is -3.07. The van der Waals surface area contributed by atoms with E-state index in [1.54, 1.807) is 18.4 Å². The van der Waals surface area contributed by atoms with Crippen molar-refractivity contribution in [2.24, 2.45) is 22.6 Å². The van der Waals surface area contributed by atoms with Gasteiger partial charge in [-0.05, 0) is 39.2 Å². The number of nitrogens with two attached hydrogens (primary N) is 1. The molecule has 0 radical (unpaired) electrons. The van der Waals surface area contributed by atoms with Crippen LogP contribution in [0.15, 0.2) is 64.7 Å². The molecule has 3 aliphatic heterocycles. The minimum absolute atomic E-state index is 0.0170. The summed E-state index contributed by atoms with van der Waals surface area (Å²) in [7, 11) is 1.43. The Morgan fingerprint density at radius 3 is 2.52 bits per heavy atom. The van der Waals surface area contributed by atoms with Crippen LogP contribution in [-0.2, 0) is 33.3 Å². The molecule has 20 heteroatoms. The van der Waals surface area contributed by atoms with E-state index < -0.39 is 79.9 Å². The number of carbonyl (C=O) groups is 2. The van der Waals surface area contributed by atoms with Crippen molar-refractivity contribution in [2.75, 3.05) is 53.1 Å². The number of aliphatic hydroxyl groups excluding tert-OH is 5. The number of rotatable bonds is 19. The maximum Gasteiger partial charge on any atom is 0.339 e. The number of hydrogen-bond acceptors (Lipinski definition) is 16. The Morgan fingerprint density at radius 2 is 1.91 bits per heavy atom. The first-order valence-electron chi connectivity index (χ1n) is 18.5. The van der Waals surface area contributed by atoms with Gasteiger partial charge in [0.25, 0.3) is 0 Å². The number of aliphatic hydroxyl groups is 7. The summed E-state index contributed by atoms with van der Waals surface area (Å²) in [5.41, 5.74) is 6.50. The highest BCUT2D eigenvalue weighted by molar-refractivity contribution is 5.92. The smallest absolute Gasteiger partial charge is 0.339 e. The van der Waals surface area contributed by atoms with Gasteiger partial charge in [-0.25, -0.2) is 9.59 Å². The predicted molar refractivity (Wildman–Crippen MR) is 194 cm³/mol. The average molecular weight is 799 g/mol. The number of ether oxygens (including phenoxy) is 5. The van der Waals surface area contributed by atoms with Gasteiger partial charge in [0.05, 0.1) is 48.8 Å². The number of esters is 1. The Hall–Kier alpha value is -3.77. The normalized spacial score (nSPS) is 30.4. The Morgan fingerprint density at radius 1 is 1.18 bits per heavy atom. The molecule has 0 amide bonds. The summed E-state index contributed by atoms with van der Waals surface area (Å²) in [5.74, 6) is -7.04. The number of hydrogen-bond donors (Lipinski definition) is 12. The number of carbonyl (C=O) groups excluding carboxylic acids is 1. The van der Waals surface area contributed by atoms with Gasteiger partial charge in [-0.15, -0.1) is 6.58 Å². The molecule has 1 saturated heterocycles. The van der Waals surface area contributed by atoms with Crippen molar-refractivity contribution in [3.63, 3.8) is 0 Å². The van der Waals surface area contributed by atoms with Gasteiger partial charge in [0, 0.05) is 19.1 Å². The molecule has 0 aromatic rings. The topological polar surface area (TPSA) is 309 Å². The van der Waals surface area contributed by atoms with E-state index >= 15 is 0 Å². The zero-order chi connectivity index (χ0) is 41.0. The Balaban J connectivity index is 1.76. The highest BCUT2D eigenvalue weighted by Crippen LogP contribution is 2.39. The number of quaternary nitrogens is 1. The Kier molecular flexibility index (Phi) is 16.9. The Bertz CT molecular complexity index is 1510. The van der Waals surface area contributed by atoms with Crippen molar-refractivity contribution in [1.82, 2.24) is 10.6 Å².